The van der Waals surface area contributed by atoms with Crippen LogP contribution >= 0.6 is 11.8 Å². The summed E-state index contributed by atoms with van der Waals surface area (Å²) < 4.78 is 11.1. The first-order valence-corrected chi connectivity index (χ1v) is 7.33. The minimum Gasteiger partial charge on any atom is -0.349 e. The Hall–Kier alpha value is -0.0600. The van der Waals surface area contributed by atoms with E-state index in [0.717, 1.165) is 12.2 Å². The van der Waals surface area contributed by atoms with Gasteiger partial charge in [0.2, 0.25) is 0 Å². The summed E-state index contributed by atoms with van der Waals surface area (Å²) in [4.78, 5) is 11.9. The van der Waals surface area contributed by atoms with Gasteiger partial charge in [0, 0.05) is 5.75 Å². The van der Waals surface area contributed by atoms with Gasteiger partial charge in [0.15, 0.2) is 10.9 Å². The molecule has 4 heteroatoms. The zero-order valence-electron chi connectivity index (χ0n) is 12.0. The molecule has 0 radical (unpaired) electrons. The lowest BCUT2D eigenvalue weighted by Crippen LogP contribution is -2.48. The van der Waals surface area contributed by atoms with Crippen LogP contribution in [0.15, 0.2) is 0 Å². The highest BCUT2D eigenvalue weighted by molar-refractivity contribution is 8.13. The fourth-order valence-corrected chi connectivity index (χ4v) is 2.09. The predicted molar refractivity (Wildman–Crippen MR) is 73.2 cm³/mol. The highest BCUT2D eigenvalue weighted by Crippen LogP contribution is 2.33. The Morgan fingerprint density at radius 3 is 2.06 bits per heavy atom. The number of thioether (sulfide) groups is 1. The lowest BCUT2D eigenvalue weighted by atomic mass is 9.93. The van der Waals surface area contributed by atoms with Crippen molar-refractivity contribution in [3.8, 4) is 0 Å². The third-order valence-corrected chi connectivity index (χ3v) is 3.77. The van der Waals surface area contributed by atoms with Crippen LogP contribution in [-0.4, -0.2) is 29.9 Å². The van der Waals surface area contributed by atoms with E-state index in [1.54, 1.807) is 0 Å². The monoisotopic (exact) mass is 262 g/mol. The molecule has 0 aromatic carbocycles. The van der Waals surface area contributed by atoms with Crippen molar-refractivity contribution in [3.05, 3.63) is 0 Å². The van der Waals surface area contributed by atoms with Crippen LogP contribution in [0.3, 0.4) is 0 Å². The average molecular weight is 262 g/mol. The Kier molecular flexibility index (Phi) is 7.37. The fraction of sp³-hybridized carbons (Fsp3) is 0.923. The Labute approximate surface area is 110 Å². The molecule has 1 saturated heterocycles. The summed E-state index contributed by atoms with van der Waals surface area (Å²) in [6.07, 6.45) is 1.01. The normalized spacial score (nSPS) is 21.3. The van der Waals surface area contributed by atoms with E-state index in [4.69, 9.17) is 9.47 Å². The SMILES string of the molecule is CC.CCCSC(=O)C1(C)COC(C)(C)OC1. The molecule has 0 aromatic heterocycles. The quantitative estimate of drug-likeness (QED) is 0.780. The number of hydrogen-bond acceptors (Lipinski definition) is 4. The lowest BCUT2D eigenvalue weighted by molar-refractivity contribution is -0.275. The van der Waals surface area contributed by atoms with Crippen molar-refractivity contribution in [2.24, 2.45) is 5.41 Å². The molecule has 0 aliphatic carbocycles. The minimum atomic E-state index is -0.546. The van der Waals surface area contributed by atoms with Gasteiger partial charge in [-0.15, -0.1) is 0 Å². The van der Waals surface area contributed by atoms with Crippen LogP contribution in [0.25, 0.3) is 0 Å². The highest BCUT2D eigenvalue weighted by Gasteiger charge is 2.41. The van der Waals surface area contributed by atoms with Crippen LogP contribution in [0, 0.1) is 5.41 Å². The largest absolute Gasteiger partial charge is 0.349 e. The van der Waals surface area contributed by atoms with E-state index in [0.29, 0.717) is 13.2 Å². The molecule has 0 bridgehead atoms. The second-order valence-electron chi connectivity index (χ2n) is 4.67. The Morgan fingerprint density at radius 1 is 1.18 bits per heavy atom. The minimum absolute atomic E-state index is 0.180. The lowest BCUT2D eigenvalue weighted by Gasteiger charge is -2.40. The van der Waals surface area contributed by atoms with Gasteiger partial charge in [-0.1, -0.05) is 32.5 Å². The standard InChI is InChI=1S/C11H20O3S.C2H6/c1-5-6-15-9(12)11(4)7-13-10(2,3)14-8-11;1-2/h5-8H2,1-4H3;1-2H3. The van der Waals surface area contributed by atoms with E-state index in [1.807, 2.05) is 34.6 Å². The van der Waals surface area contributed by atoms with Gasteiger partial charge >= 0.3 is 0 Å². The van der Waals surface area contributed by atoms with E-state index in [1.165, 1.54) is 11.8 Å². The van der Waals surface area contributed by atoms with Gasteiger partial charge < -0.3 is 9.47 Å². The molecular formula is C13H26O3S. The number of rotatable bonds is 3. The molecule has 102 valence electrons. The number of ether oxygens (including phenoxy) is 2. The Morgan fingerprint density at radius 2 is 1.65 bits per heavy atom. The first-order valence-electron chi connectivity index (χ1n) is 6.35. The van der Waals surface area contributed by atoms with Crippen LogP contribution in [0.1, 0.15) is 48.0 Å². The molecule has 0 spiro atoms. The van der Waals surface area contributed by atoms with Crippen molar-refractivity contribution >= 4 is 16.9 Å². The van der Waals surface area contributed by atoms with Crippen LogP contribution in [0.2, 0.25) is 0 Å². The van der Waals surface area contributed by atoms with Crippen LogP contribution in [0.4, 0.5) is 0 Å². The van der Waals surface area contributed by atoms with Gasteiger partial charge in [-0.3, -0.25) is 4.79 Å². The van der Waals surface area contributed by atoms with E-state index in [2.05, 4.69) is 6.92 Å². The van der Waals surface area contributed by atoms with Crippen LogP contribution in [0.5, 0.6) is 0 Å². The molecule has 1 rings (SSSR count). The number of hydrogen-bond donors (Lipinski definition) is 0. The molecule has 1 aliphatic rings. The highest BCUT2D eigenvalue weighted by atomic mass is 32.2. The zero-order valence-corrected chi connectivity index (χ0v) is 12.8. The molecule has 0 unspecified atom stereocenters. The van der Waals surface area contributed by atoms with Crippen LogP contribution < -0.4 is 0 Å². The van der Waals surface area contributed by atoms with Gasteiger partial charge in [0.25, 0.3) is 0 Å². The second kappa shape index (κ2) is 7.39. The molecule has 0 atom stereocenters. The van der Waals surface area contributed by atoms with Crippen molar-refractivity contribution in [1.82, 2.24) is 0 Å². The maximum Gasteiger partial charge on any atom is 0.199 e. The van der Waals surface area contributed by atoms with E-state index in [-0.39, 0.29) is 5.12 Å². The molecule has 1 aliphatic heterocycles. The molecule has 1 fully saturated rings. The van der Waals surface area contributed by atoms with Gasteiger partial charge in [-0.2, -0.15) is 0 Å². The van der Waals surface area contributed by atoms with E-state index >= 15 is 0 Å². The number of carbonyl (C=O) groups is 1. The summed E-state index contributed by atoms with van der Waals surface area (Å²) in [5.41, 5.74) is -0.477. The second-order valence-corrected chi connectivity index (χ2v) is 5.74. The molecule has 0 aromatic rings. The average Bonchev–Trinajstić information content (AvgIpc) is 2.33. The van der Waals surface area contributed by atoms with Crippen molar-refractivity contribution in [3.63, 3.8) is 0 Å². The molecule has 17 heavy (non-hydrogen) atoms. The van der Waals surface area contributed by atoms with Crippen molar-refractivity contribution in [1.29, 1.82) is 0 Å². The Balaban J connectivity index is 0.00000121. The van der Waals surface area contributed by atoms with Crippen molar-refractivity contribution in [2.75, 3.05) is 19.0 Å². The van der Waals surface area contributed by atoms with Crippen LogP contribution in [-0.2, 0) is 14.3 Å². The summed E-state index contributed by atoms with van der Waals surface area (Å²) in [7, 11) is 0. The van der Waals surface area contributed by atoms with E-state index < -0.39 is 11.2 Å². The third-order valence-electron chi connectivity index (χ3n) is 2.41. The van der Waals surface area contributed by atoms with Gasteiger partial charge in [-0.25, -0.2) is 0 Å². The van der Waals surface area contributed by atoms with Gasteiger partial charge in [0.05, 0.1) is 18.6 Å². The fourth-order valence-electron chi connectivity index (χ4n) is 1.24. The van der Waals surface area contributed by atoms with E-state index in [9.17, 15) is 4.79 Å². The topological polar surface area (TPSA) is 35.5 Å². The predicted octanol–water partition coefficient (Wildman–Crippen LogP) is 3.47. The van der Waals surface area contributed by atoms with Gasteiger partial charge in [0.1, 0.15) is 0 Å². The first kappa shape index (κ1) is 16.9. The summed E-state index contributed by atoms with van der Waals surface area (Å²) in [5, 5.41) is 0.180. The molecule has 0 saturated carbocycles. The maximum absolute atomic E-state index is 11.9. The molecule has 1 heterocycles. The summed E-state index contributed by atoms with van der Waals surface area (Å²) >= 11 is 1.38. The molecular weight excluding hydrogens is 236 g/mol. The molecule has 0 N–H and O–H groups in total. The number of carbonyl (C=O) groups excluding carboxylic acids is 1. The van der Waals surface area contributed by atoms with Gasteiger partial charge in [-0.05, 0) is 27.2 Å². The summed E-state index contributed by atoms with van der Waals surface area (Å²) in [6.45, 7) is 12.6. The van der Waals surface area contributed by atoms with Crippen molar-refractivity contribution in [2.45, 2.75) is 53.8 Å². The first-order chi connectivity index (χ1) is 7.90. The van der Waals surface area contributed by atoms with Crippen molar-refractivity contribution < 1.29 is 14.3 Å². The summed E-state index contributed by atoms with van der Waals surface area (Å²) in [6, 6.07) is 0. The summed E-state index contributed by atoms with van der Waals surface area (Å²) in [5.74, 6) is 0.326. The smallest absolute Gasteiger partial charge is 0.199 e. The molecule has 0 amide bonds. The molecule has 3 nitrogen and oxygen atoms in total. The third kappa shape index (κ3) is 5.40. The Bertz CT molecular complexity index is 229. The maximum atomic E-state index is 11.9. The zero-order chi connectivity index (χ0) is 13.5.